The third-order valence-corrected chi connectivity index (χ3v) is 1.25. The number of rotatable bonds is 6. The van der Waals surface area contributed by atoms with Gasteiger partial charge in [-0.25, -0.2) is 0 Å². The molecular weight excluding hydrogens is 148 g/mol. The Bertz CT molecular complexity index is 187. The summed E-state index contributed by atoms with van der Waals surface area (Å²) >= 11 is 0. The highest BCUT2D eigenvalue weighted by Gasteiger charge is 1.88. The smallest absolute Gasteiger partial charge is 0.0716 e. The van der Waals surface area contributed by atoms with Crippen molar-refractivity contribution in [3.63, 3.8) is 0 Å². The fourth-order valence-electron chi connectivity index (χ4n) is 0.715. The van der Waals surface area contributed by atoms with Crippen LogP contribution in [-0.4, -0.2) is 13.2 Å². The van der Waals surface area contributed by atoms with Gasteiger partial charge in [-0.15, -0.1) is 0 Å². The molecule has 0 amide bonds. The Balaban J connectivity index is 4.03. The minimum Gasteiger partial charge on any atom is -0.377 e. The second-order valence-corrected chi connectivity index (χ2v) is 2.21. The Kier molecular flexibility index (Phi) is 7.30. The van der Waals surface area contributed by atoms with Crippen molar-refractivity contribution in [1.29, 1.82) is 0 Å². The van der Waals surface area contributed by atoms with E-state index in [2.05, 4.69) is 13.2 Å². The minimum absolute atomic E-state index is 0.632. The average molecular weight is 164 g/mol. The molecule has 0 saturated carbocycles. The summed E-state index contributed by atoms with van der Waals surface area (Å²) in [6.07, 6.45) is 9.26. The second kappa shape index (κ2) is 8.02. The molecule has 0 saturated heterocycles. The monoisotopic (exact) mass is 164 g/mol. The van der Waals surface area contributed by atoms with E-state index in [0.717, 1.165) is 12.2 Å². The fraction of sp³-hybridized carbons (Fsp3) is 0.273. The summed E-state index contributed by atoms with van der Waals surface area (Å²) in [5, 5.41) is 0. The second-order valence-electron chi connectivity index (χ2n) is 2.21. The summed E-state index contributed by atoms with van der Waals surface area (Å²) in [6, 6.07) is 0. The molecule has 0 fully saturated rings. The van der Waals surface area contributed by atoms with Gasteiger partial charge in [0.25, 0.3) is 0 Å². The third-order valence-electron chi connectivity index (χ3n) is 1.25. The highest BCUT2D eigenvalue weighted by molar-refractivity contribution is 5.25. The predicted octanol–water partition coefficient (Wildman–Crippen LogP) is 2.88. The van der Waals surface area contributed by atoms with Crippen molar-refractivity contribution in [2.24, 2.45) is 0 Å². The highest BCUT2D eigenvalue weighted by Crippen LogP contribution is 1.98. The lowest BCUT2D eigenvalue weighted by molar-refractivity contribution is 0.173. The highest BCUT2D eigenvalue weighted by atomic mass is 16.5. The summed E-state index contributed by atoms with van der Waals surface area (Å²) in [4.78, 5) is 0. The van der Waals surface area contributed by atoms with E-state index < -0.39 is 0 Å². The van der Waals surface area contributed by atoms with Crippen LogP contribution in [0.2, 0.25) is 0 Å². The van der Waals surface area contributed by atoms with Gasteiger partial charge in [-0.05, 0) is 12.5 Å². The normalized spacial score (nSPS) is 11.9. The van der Waals surface area contributed by atoms with Gasteiger partial charge in [-0.2, -0.15) is 0 Å². The zero-order valence-electron chi connectivity index (χ0n) is 7.62. The summed E-state index contributed by atoms with van der Waals surface area (Å²) < 4.78 is 5.24. The number of ether oxygens (including phenoxy) is 1. The molecule has 0 aliphatic carbocycles. The Morgan fingerprint density at radius 3 is 2.58 bits per heavy atom. The van der Waals surface area contributed by atoms with E-state index >= 15 is 0 Å². The zero-order chi connectivity index (χ0) is 9.23. The average Bonchev–Trinajstić information content (AvgIpc) is 2.10. The van der Waals surface area contributed by atoms with Gasteiger partial charge in [-0.3, -0.25) is 0 Å². The molecule has 0 N–H and O–H groups in total. The summed E-state index contributed by atoms with van der Waals surface area (Å²) in [7, 11) is 0. The Morgan fingerprint density at radius 2 is 2.08 bits per heavy atom. The fourth-order valence-corrected chi connectivity index (χ4v) is 0.715. The number of allylic oxidation sites excluding steroid dienone is 4. The minimum atomic E-state index is 0.632. The standard InChI is InChI=1S/C11H16O/c1-4-7-9-11(8-5-2)10-12-6-3/h4-5,7-9H,1-2,6,10H2,3H3/b9-7-,11-8+. The molecule has 12 heavy (non-hydrogen) atoms. The van der Waals surface area contributed by atoms with Crippen LogP contribution in [0.1, 0.15) is 6.92 Å². The Labute approximate surface area is 74.7 Å². The van der Waals surface area contributed by atoms with Crippen LogP contribution in [-0.2, 0) is 4.74 Å². The van der Waals surface area contributed by atoms with Gasteiger partial charge >= 0.3 is 0 Å². The van der Waals surface area contributed by atoms with Crippen molar-refractivity contribution in [1.82, 2.24) is 0 Å². The van der Waals surface area contributed by atoms with Crippen molar-refractivity contribution in [2.75, 3.05) is 13.2 Å². The van der Waals surface area contributed by atoms with Crippen LogP contribution in [0.25, 0.3) is 0 Å². The van der Waals surface area contributed by atoms with E-state index in [-0.39, 0.29) is 0 Å². The number of hydrogen-bond donors (Lipinski definition) is 0. The van der Waals surface area contributed by atoms with E-state index in [1.54, 1.807) is 12.2 Å². The van der Waals surface area contributed by atoms with Gasteiger partial charge in [0.1, 0.15) is 0 Å². The maximum absolute atomic E-state index is 5.24. The van der Waals surface area contributed by atoms with Crippen LogP contribution in [0.5, 0.6) is 0 Å². The first-order chi connectivity index (χ1) is 5.85. The van der Waals surface area contributed by atoms with Crippen LogP contribution < -0.4 is 0 Å². The van der Waals surface area contributed by atoms with E-state index in [1.807, 2.05) is 25.2 Å². The lowest BCUT2D eigenvalue weighted by atomic mass is 10.2. The largest absolute Gasteiger partial charge is 0.377 e. The molecule has 0 radical (unpaired) electrons. The van der Waals surface area contributed by atoms with E-state index in [4.69, 9.17) is 4.74 Å². The number of hydrogen-bond acceptors (Lipinski definition) is 1. The van der Waals surface area contributed by atoms with Gasteiger partial charge in [0.2, 0.25) is 0 Å². The van der Waals surface area contributed by atoms with Crippen LogP contribution in [0.3, 0.4) is 0 Å². The predicted molar refractivity (Wildman–Crippen MR) is 54.1 cm³/mol. The molecule has 0 aromatic heterocycles. The molecule has 0 spiro atoms. The van der Waals surface area contributed by atoms with Crippen molar-refractivity contribution in [3.05, 3.63) is 49.1 Å². The Morgan fingerprint density at radius 1 is 1.33 bits per heavy atom. The molecule has 0 aliphatic heterocycles. The van der Waals surface area contributed by atoms with Gasteiger partial charge in [-0.1, -0.05) is 43.5 Å². The molecule has 66 valence electrons. The molecule has 0 unspecified atom stereocenters. The van der Waals surface area contributed by atoms with Crippen LogP contribution >= 0.6 is 0 Å². The first-order valence-electron chi connectivity index (χ1n) is 4.03. The van der Waals surface area contributed by atoms with Gasteiger partial charge in [0, 0.05) is 6.61 Å². The Hall–Kier alpha value is -1.08. The first-order valence-corrected chi connectivity index (χ1v) is 4.03. The van der Waals surface area contributed by atoms with E-state index in [1.165, 1.54) is 0 Å². The van der Waals surface area contributed by atoms with Crippen LogP contribution in [0.4, 0.5) is 0 Å². The maximum atomic E-state index is 5.24. The summed E-state index contributed by atoms with van der Waals surface area (Å²) in [5.41, 5.74) is 1.10. The van der Waals surface area contributed by atoms with E-state index in [9.17, 15) is 0 Å². The lowest BCUT2D eigenvalue weighted by Gasteiger charge is -2.00. The quantitative estimate of drug-likeness (QED) is 0.548. The molecule has 0 aliphatic rings. The molecule has 0 bridgehead atoms. The van der Waals surface area contributed by atoms with Crippen LogP contribution in [0.15, 0.2) is 49.1 Å². The first kappa shape index (κ1) is 10.9. The van der Waals surface area contributed by atoms with Crippen molar-refractivity contribution >= 4 is 0 Å². The maximum Gasteiger partial charge on any atom is 0.0716 e. The van der Waals surface area contributed by atoms with Crippen molar-refractivity contribution in [3.8, 4) is 0 Å². The van der Waals surface area contributed by atoms with Crippen molar-refractivity contribution < 1.29 is 4.74 Å². The van der Waals surface area contributed by atoms with Crippen molar-refractivity contribution in [2.45, 2.75) is 6.92 Å². The molecule has 1 nitrogen and oxygen atoms in total. The third kappa shape index (κ3) is 5.69. The molecule has 0 atom stereocenters. The lowest BCUT2D eigenvalue weighted by Crippen LogP contribution is -1.94. The van der Waals surface area contributed by atoms with Gasteiger partial charge in [0.05, 0.1) is 6.61 Å². The molecular formula is C11H16O. The molecule has 1 heteroatoms. The van der Waals surface area contributed by atoms with Gasteiger partial charge in [0.15, 0.2) is 0 Å². The summed E-state index contributed by atoms with van der Waals surface area (Å²) in [5.74, 6) is 0. The molecule has 0 aromatic carbocycles. The van der Waals surface area contributed by atoms with E-state index in [0.29, 0.717) is 6.61 Å². The molecule has 0 rings (SSSR count). The SMILES string of the molecule is C=C/C=C\C(=C/C=C)COCC. The molecule has 0 aromatic rings. The summed E-state index contributed by atoms with van der Waals surface area (Å²) in [6.45, 7) is 10.6. The zero-order valence-corrected chi connectivity index (χ0v) is 7.62. The topological polar surface area (TPSA) is 9.23 Å². The molecule has 0 heterocycles. The van der Waals surface area contributed by atoms with Gasteiger partial charge < -0.3 is 4.74 Å². The van der Waals surface area contributed by atoms with Crippen LogP contribution in [0, 0.1) is 0 Å².